The average molecular weight is 456 g/mol. The van der Waals surface area contributed by atoms with Gasteiger partial charge < -0.3 is 15.0 Å². The monoisotopic (exact) mass is 455 g/mol. The van der Waals surface area contributed by atoms with Crippen LogP contribution < -0.4 is 10.9 Å². The first-order valence-electron chi connectivity index (χ1n) is 9.87. The third kappa shape index (κ3) is 4.88. The molecule has 2 aromatic heterocycles. The van der Waals surface area contributed by atoms with Gasteiger partial charge >= 0.3 is 5.97 Å². The van der Waals surface area contributed by atoms with Gasteiger partial charge in [-0.2, -0.15) is 0 Å². The minimum atomic E-state index is -0.427. The minimum absolute atomic E-state index is 0.0460. The average Bonchev–Trinajstić information content (AvgIpc) is 3.15. The SMILES string of the molecule is COC(=O)c1c(NC(=O)CSc2nc(-c3ccccc3)cc(=O)[nH]2)sc2c1CCCC2. The summed E-state index contributed by atoms with van der Waals surface area (Å²) in [7, 11) is 1.35. The second kappa shape index (κ2) is 9.49. The summed E-state index contributed by atoms with van der Waals surface area (Å²) in [6.45, 7) is 0. The zero-order chi connectivity index (χ0) is 21.8. The van der Waals surface area contributed by atoms with E-state index in [-0.39, 0.29) is 17.2 Å². The van der Waals surface area contributed by atoms with Gasteiger partial charge in [-0.05, 0) is 31.2 Å². The van der Waals surface area contributed by atoms with Crippen LogP contribution in [0.1, 0.15) is 33.6 Å². The number of nitrogens with one attached hydrogen (secondary N) is 2. The summed E-state index contributed by atoms with van der Waals surface area (Å²) in [5, 5.41) is 3.74. The summed E-state index contributed by atoms with van der Waals surface area (Å²) in [5.41, 5.74) is 2.55. The lowest BCUT2D eigenvalue weighted by Crippen LogP contribution is -2.17. The molecule has 0 fully saturated rings. The van der Waals surface area contributed by atoms with Gasteiger partial charge in [0.05, 0.1) is 24.1 Å². The number of carbonyl (C=O) groups is 2. The van der Waals surface area contributed by atoms with E-state index in [0.29, 0.717) is 21.4 Å². The molecule has 0 unspecified atom stereocenters. The molecule has 7 nitrogen and oxygen atoms in total. The van der Waals surface area contributed by atoms with Gasteiger partial charge in [0.1, 0.15) is 5.00 Å². The van der Waals surface area contributed by atoms with Crippen molar-refractivity contribution in [3.05, 3.63) is 62.8 Å². The number of fused-ring (bicyclic) bond motifs is 1. The highest BCUT2D eigenvalue weighted by molar-refractivity contribution is 7.99. The van der Waals surface area contributed by atoms with Gasteiger partial charge in [0.2, 0.25) is 5.91 Å². The first kappa shape index (κ1) is 21.3. The Morgan fingerprint density at radius 2 is 2.00 bits per heavy atom. The van der Waals surface area contributed by atoms with Crippen molar-refractivity contribution >= 4 is 40.0 Å². The number of H-pyrrole nitrogens is 1. The number of nitrogens with zero attached hydrogens (tertiary/aromatic N) is 1. The van der Waals surface area contributed by atoms with Gasteiger partial charge in [-0.3, -0.25) is 9.59 Å². The molecule has 0 spiro atoms. The Morgan fingerprint density at radius 1 is 1.23 bits per heavy atom. The van der Waals surface area contributed by atoms with Crippen LogP contribution >= 0.6 is 23.1 Å². The number of aromatic amines is 1. The number of anilines is 1. The predicted octanol–water partition coefficient (Wildman–Crippen LogP) is 3.89. The highest BCUT2D eigenvalue weighted by Crippen LogP contribution is 2.38. The van der Waals surface area contributed by atoms with E-state index < -0.39 is 5.97 Å². The van der Waals surface area contributed by atoms with Gasteiger partial charge in [0, 0.05) is 16.5 Å². The number of aromatic nitrogens is 2. The van der Waals surface area contributed by atoms with Crippen LogP contribution in [0.5, 0.6) is 0 Å². The largest absolute Gasteiger partial charge is 0.465 e. The summed E-state index contributed by atoms with van der Waals surface area (Å²) < 4.78 is 4.94. The summed E-state index contributed by atoms with van der Waals surface area (Å²) in [4.78, 5) is 45.2. The van der Waals surface area contributed by atoms with Crippen LogP contribution in [0.4, 0.5) is 5.00 Å². The lowest BCUT2D eigenvalue weighted by atomic mass is 9.95. The number of ether oxygens (including phenoxy) is 1. The van der Waals surface area contributed by atoms with Crippen LogP contribution in [-0.4, -0.2) is 34.7 Å². The fraction of sp³-hybridized carbons (Fsp3) is 0.273. The number of carbonyl (C=O) groups excluding carboxylic acids is 2. The first-order valence-corrected chi connectivity index (χ1v) is 11.7. The summed E-state index contributed by atoms with van der Waals surface area (Å²) in [5.74, 6) is -0.657. The molecule has 0 saturated carbocycles. The third-order valence-corrected chi connectivity index (χ3v) is 7.02. The maximum absolute atomic E-state index is 12.6. The van der Waals surface area contributed by atoms with Crippen LogP contribution in [0.3, 0.4) is 0 Å². The molecular formula is C22H21N3O4S2. The van der Waals surface area contributed by atoms with Crippen LogP contribution in [-0.2, 0) is 22.4 Å². The second-order valence-electron chi connectivity index (χ2n) is 7.05. The van der Waals surface area contributed by atoms with E-state index in [4.69, 9.17) is 4.74 Å². The van der Waals surface area contributed by atoms with Crippen molar-refractivity contribution in [2.24, 2.45) is 0 Å². The van der Waals surface area contributed by atoms with Crippen LogP contribution in [0, 0.1) is 0 Å². The molecule has 1 aliphatic rings. The van der Waals surface area contributed by atoms with E-state index in [1.807, 2.05) is 30.3 Å². The van der Waals surface area contributed by atoms with Gasteiger partial charge in [0.15, 0.2) is 5.16 Å². The van der Waals surface area contributed by atoms with Gasteiger partial charge in [-0.15, -0.1) is 11.3 Å². The Morgan fingerprint density at radius 3 is 2.77 bits per heavy atom. The smallest absolute Gasteiger partial charge is 0.341 e. The van der Waals surface area contributed by atoms with E-state index in [0.717, 1.165) is 53.4 Å². The van der Waals surface area contributed by atoms with Crippen molar-refractivity contribution in [1.29, 1.82) is 0 Å². The van der Waals surface area contributed by atoms with Crippen molar-refractivity contribution in [2.75, 3.05) is 18.2 Å². The number of hydrogen-bond acceptors (Lipinski definition) is 7. The number of hydrogen-bond donors (Lipinski definition) is 2. The molecule has 160 valence electrons. The predicted molar refractivity (Wildman–Crippen MR) is 122 cm³/mol. The van der Waals surface area contributed by atoms with E-state index in [1.54, 1.807) is 0 Å². The Labute approximate surface area is 187 Å². The molecule has 2 heterocycles. The highest BCUT2D eigenvalue weighted by atomic mass is 32.2. The van der Waals surface area contributed by atoms with E-state index in [2.05, 4.69) is 15.3 Å². The van der Waals surface area contributed by atoms with E-state index in [9.17, 15) is 14.4 Å². The molecule has 31 heavy (non-hydrogen) atoms. The molecule has 4 rings (SSSR count). The number of rotatable bonds is 6. The van der Waals surface area contributed by atoms with Crippen molar-refractivity contribution in [2.45, 2.75) is 30.8 Å². The fourth-order valence-corrected chi connectivity index (χ4v) is 5.50. The Balaban J connectivity index is 1.48. The lowest BCUT2D eigenvalue weighted by molar-refractivity contribution is -0.113. The quantitative estimate of drug-likeness (QED) is 0.332. The maximum Gasteiger partial charge on any atom is 0.341 e. The standard InChI is InChI=1S/C22H21N3O4S2/c1-29-21(28)19-14-9-5-6-10-16(14)31-20(19)24-18(27)12-30-22-23-15(11-17(26)25-22)13-7-3-2-4-8-13/h2-4,7-8,11H,5-6,9-10,12H2,1H3,(H,24,27)(H,23,25,26). The molecule has 3 aromatic rings. The van der Waals surface area contributed by atoms with Crippen LogP contribution in [0.25, 0.3) is 11.3 Å². The highest BCUT2D eigenvalue weighted by Gasteiger charge is 2.26. The van der Waals surface area contributed by atoms with Crippen molar-refractivity contribution in [1.82, 2.24) is 9.97 Å². The van der Waals surface area contributed by atoms with Gasteiger partial charge in [-0.25, -0.2) is 9.78 Å². The molecule has 0 radical (unpaired) electrons. The summed E-state index contributed by atoms with van der Waals surface area (Å²) >= 11 is 2.58. The van der Waals surface area contributed by atoms with Crippen LogP contribution in [0.2, 0.25) is 0 Å². The van der Waals surface area contributed by atoms with E-state index in [1.165, 1.54) is 24.5 Å². The van der Waals surface area contributed by atoms with Crippen molar-refractivity contribution in [3.63, 3.8) is 0 Å². The van der Waals surface area contributed by atoms with E-state index >= 15 is 0 Å². The van der Waals surface area contributed by atoms with Crippen LogP contribution in [0.15, 0.2) is 46.3 Å². The number of methoxy groups -OCH3 is 1. The number of aryl methyl sites for hydroxylation is 1. The van der Waals surface area contributed by atoms with Crippen molar-refractivity contribution in [3.8, 4) is 11.3 Å². The van der Waals surface area contributed by atoms with Crippen molar-refractivity contribution < 1.29 is 14.3 Å². The molecule has 0 saturated heterocycles. The summed E-state index contributed by atoms with van der Waals surface area (Å²) in [6, 6.07) is 10.8. The summed E-state index contributed by atoms with van der Waals surface area (Å²) in [6.07, 6.45) is 3.83. The Bertz CT molecular complexity index is 1170. The number of esters is 1. The zero-order valence-electron chi connectivity index (χ0n) is 16.9. The topological polar surface area (TPSA) is 101 Å². The third-order valence-electron chi connectivity index (χ3n) is 4.94. The first-order chi connectivity index (χ1) is 15.0. The number of benzene rings is 1. The molecular weight excluding hydrogens is 434 g/mol. The number of amides is 1. The molecule has 1 aromatic carbocycles. The lowest BCUT2D eigenvalue weighted by Gasteiger charge is -2.11. The molecule has 0 aliphatic heterocycles. The Hall–Kier alpha value is -2.91. The maximum atomic E-state index is 12.6. The minimum Gasteiger partial charge on any atom is -0.465 e. The normalized spacial score (nSPS) is 12.8. The molecule has 1 aliphatic carbocycles. The fourth-order valence-electron chi connectivity index (χ4n) is 3.53. The molecule has 0 bridgehead atoms. The van der Waals surface area contributed by atoms with Gasteiger partial charge in [-0.1, -0.05) is 42.1 Å². The zero-order valence-corrected chi connectivity index (χ0v) is 18.5. The Kier molecular flexibility index (Phi) is 6.53. The number of thioether (sulfide) groups is 1. The molecule has 2 N–H and O–H groups in total. The second-order valence-corrected chi connectivity index (χ2v) is 9.11. The molecule has 9 heteroatoms. The number of thiophene rings is 1. The van der Waals surface area contributed by atoms with Gasteiger partial charge in [0.25, 0.3) is 5.56 Å². The molecule has 1 amide bonds. The molecule has 0 atom stereocenters.